The van der Waals surface area contributed by atoms with Gasteiger partial charge in [0.15, 0.2) is 0 Å². The molecule has 2 heterocycles. The summed E-state index contributed by atoms with van der Waals surface area (Å²) >= 11 is 0. The first-order chi connectivity index (χ1) is 8.69. The van der Waals surface area contributed by atoms with E-state index in [-0.39, 0.29) is 5.56 Å². The summed E-state index contributed by atoms with van der Waals surface area (Å²) in [4.78, 5) is 19.3. The van der Waals surface area contributed by atoms with Gasteiger partial charge in [-0.15, -0.1) is 0 Å². The molecule has 0 spiro atoms. The Balaban J connectivity index is 2.32. The number of hydrogen-bond acceptors (Lipinski definition) is 4. The number of aryl methyl sites for hydroxylation is 1. The van der Waals surface area contributed by atoms with Crippen LogP contribution in [0.2, 0.25) is 0 Å². The number of hydrogen-bond donors (Lipinski definition) is 2. The summed E-state index contributed by atoms with van der Waals surface area (Å²) in [7, 11) is 0. The maximum atomic E-state index is 11.0. The molecule has 92 valence electrons. The fourth-order valence-corrected chi connectivity index (χ4v) is 1.54. The predicted molar refractivity (Wildman–Crippen MR) is 68.1 cm³/mol. The second kappa shape index (κ2) is 5.27. The van der Waals surface area contributed by atoms with Crippen molar-refractivity contribution in [3.05, 3.63) is 47.9 Å². The van der Waals surface area contributed by atoms with E-state index in [1.54, 1.807) is 24.5 Å². The van der Waals surface area contributed by atoms with Gasteiger partial charge in [-0.25, -0.2) is 9.78 Å². The highest BCUT2D eigenvalue weighted by molar-refractivity contribution is 5.88. The number of nitrogens with zero attached hydrogens (tertiary/aromatic N) is 2. The first-order valence-electron chi connectivity index (χ1n) is 5.60. The second-order valence-corrected chi connectivity index (χ2v) is 3.76. The smallest absolute Gasteiger partial charge is 0.335 e. The van der Waals surface area contributed by atoms with Gasteiger partial charge < -0.3 is 10.4 Å². The molecule has 0 amide bonds. The van der Waals surface area contributed by atoms with Crippen LogP contribution in [-0.2, 0) is 6.42 Å². The Hall–Kier alpha value is -2.43. The summed E-state index contributed by atoms with van der Waals surface area (Å²) in [6, 6.07) is 6.73. The molecular formula is C13H13N3O2. The SMILES string of the molecule is CCc1cc(C(=O)O)cc(Nc2cccnc2)n1. The third-order valence-electron chi connectivity index (χ3n) is 2.42. The van der Waals surface area contributed by atoms with Gasteiger partial charge in [0.05, 0.1) is 17.4 Å². The summed E-state index contributed by atoms with van der Waals surface area (Å²) < 4.78 is 0. The molecule has 0 saturated carbocycles. The lowest BCUT2D eigenvalue weighted by Crippen LogP contribution is -2.03. The molecule has 0 aliphatic rings. The number of pyridine rings is 2. The monoisotopic (exact) mass is 243 g/mol. The number of carbonyl (C=O) groups is 1. The Morgan fingerprint density at radius 2 is 2.28 bits per heavy atom. The molecule has 0 bridgehead atoms. The molecule has 0 saturated heterocycles. The van der Waals surface area contributed by atoms with Crippen LogP contribution in [0.5, 0.6) is 0 Å². The molecule has 5 heteroatoms. The number of aromatic carboxylic acids is 1. The third-order valence-corrected chi connectivity index (χ3v) is 2.42. The summed E-state index contributed by atoms with van der Waals surface area (Å²) in [6.45, 7) is 1.93. The van der Waals surface area contributed by atoms with Gasteiger partial charge in [0.1, 0.15) is 5.82 Å². The van der Waals surface area contributed by atoms with Crippen LogP contribution in [0.15, 0.2) is 36.7 Å². The zero-order chi connectivity index (χ0) is 13.0. The van der Waals surface area contributed by atoms with Crippen LogP contribution < -0.4 is 5.32 Å². The molecule has 0 aromatic carbocycles. The molecule has 2 N–H and O–H groups in total. The maximum absolute atomic E-state index is 11.0. The number of carboxylic acid groups (broad SMARTS) is 1. The quantitative estimate of drug-likeness (QED) is 0.862. The van der Waals surface area contributed by atoms with Crippen LogP contribution in [0.1, 0.15) is 23.0 Å². The largest absolute Gasteiger partial charge is 0.478 e. The molecular weight excluding hydrogens is 230 g/mol. The third kappa shape index (κ3) is 2.82. The van der Waals surface area contributed by atoms with E-state index in [0.717, 1.165) is 11.4 Å². The zero-order valence-corrected chi connectivity index (χ0v) is 9.92. The number of nitrogens with one attached hydrogen (secondary N) is 1. The highest BCUT2D eigenvalue weighted by Crippen LogP contribution is 2.16. The van der Waals surface area contributed by atoms with Gasteiger partial charge in [-0.1, -0.05) is 6.92 Å². The minimum Gasteiger partial charge on any atom is -0.478 e. The Labute approximate surface area is 105 Å². The van der Waals surface area contributed by atoms with E-state index < -0.39 is 5.97 Å². The van der Waals surface area contributed by atoms with Crippen molar-refractivity contribution in [2.45, 2.75) is 13.3 Å². The predicted octanol–water partition coefficient (Wildman–Crippen LogP) is 2.48. The van der Waals surface area contributed by atoms with Crippen LogP contribution in [0.4, 0.5) is 11.5 Å². The van der Waals surface area contributed by atoms with Crippen LogP contribution in [0.3, 0.4) is 0 Å². The first kappa shape index (κ1) is 12.0. The van der Waals surface area contributed by atoms with Crippen molar-refractivity contribution in [1.82, 2.24) is 9.97 Å². The van der Waals surface area contributed by atoms with E-state index in [1.807, 2.05) is 13.0 Å². The van der Waals surface area contributed by atoms with Gasteiger partial charge >= 0.3 is 5.97 Å². The molecule has 2 rings (SSSR count). The molecule has 2 aromatic heterocycles. The van der Waals surface area contributed by atoms with Crippen molar-refractivity contribution < 1.29 is 9.90 Å². The van der Waals surface area contributed by atoms with Crippen molar-refractivity contribution in [2.75, 3.05) is 5.32 Å². The van der Waals surface area contributed by atoms with Crippen LogP contribution in [0.25, 0.3) is 0 Å². The molecule has 0 aliphatic heterocycles. The Morgan fingerprint density at radius 3 is 2.89 bits per heavy atom. The average molecular weight is 243 g/mol. The molecule has 0 unspecified atom stereocenters. The van der Waals surface area contributed by atoms with Crippen LogP contribution >= 0.6 is 0 Å². The summed E-state index contributed by atoms with van der Waals surface area (Å²) in [6.07, 6.45) is 4.01. The highest BCUT2D eigenvalue weighted by Gasteiger charge is 2.07. The standard InChI is InChI=1S/C13H13N3O2/c1-2-10-6-9(13(17)18)7-12(15-10)16-11-4-3-5-14-8-11/h3-8H,2H2,1H3,(H,15,16)(H,17,18). The number of rotatable bonds is 4. The Bertz CT molecular complexity index is 555. The first-order valence-corrected chi connectivity index (χ1v) is 5.60. The zero-order valence-electron chi connectivity index (χ0n) is 9.92. The van der Waals surface area contributed by atoms with Crippen LogP contribution in [0, 0.1) is 0 Å². The van der Waals surface area contributed by atoms with Gasteiger partial charge in [-0.05, 0) is 30.7 Å². The van der Waals surface area contributed by atoms with Crippen molar-refractivity contribution in [3.63, 3.8) is 0 Å². The maximum Gasteiger partial charge on any atom is 0.335 e. The van der Waals surface area contributed by atoms with E-state index in [0.29, 0.717) is 12.2 Å². The lowest BCUT2D eigenvalue weighted by Gasteiger charge is -2.08. The number of aromatic nitrogens is 2. The Kier molecular flexibility index (Phi) is 3.52. The topological polar surface area (TPSA) is 75.1 Å². The van der Waals surface area contributed by atoms with Crippen molar-refractivity contribution in [2.24, 2.45) is 0 Å². The lowest BCUT2D eigenvalue weighted by atomic mass is 10.2. The van der Waals surface area contributed by atoms with Crippen molar-refractivity contribution >= 4 is 17.5 Å². The van der Waals surface area contributed by atoms with Gasteiger partial charge in [0, 0.05) is 11.9 Å². The van der Waals surface area contributed by atoms with E-state index in [2.05, 4.69) is 15.3 Å². The molecule has 18 heavy (non-hydrogen) atoms. The normalized spacial score (nSPS) is 10.1. The Morgan fingerprint density at radius 1 is 1.44 bits per heavy atom. The van der Waals surface area contributed by atoms with Gasteiger partial charge in [-0.3, -0.25) is 4.98 Å². The molecule has 0 radical (unpaired) electrons. The molecule has 0 fully saturated rings. The molecule has 2 aromatic rings. The number of carboxylic acids is 1. The minimum atomic E-state index is -0.957. The highest BCUT2D eigenvalue weighted by atomic mass is 16.4. The molecule has 0 aliphatic carbocycles. The number of anilines is 2. The second-order valence-electron chi connectivity index (χ2n) is 3.76. The van der Waals surface area contributed by atoms with Gasteiger partial charge in [0.2, 0.25) is 0 Å². The van der Waals surface area contributed by atoms with E-state index in [1.165, 1.54) is 6.07 Å². The van der Waals surface area contributed by atoms with Crippen LogP contribution in [-0.4, -0.2) is 21.0 Å². The minimum absolute atomic E-state index is 0.230. The fourth-order valence-electron chi connectivity index (χ4n) is 1.54. The van der Waals surface area contributed by atoms with E-state index in [9.17, 15) is 4.79 Å². The van der Waals surface area contributed by atoms with E-state index >= 15 is 0 Å². The van der Waals surface area contributed by atoms with Crippen molar-refractivity contribution in [3.8, 4) is 0 Å². The lowest BCUT2D eigenvalue weighted by molar-refractivity contribution is 0.0696. The van der Waals surface area contributed by atoms with E-state index in [4.69, 9.17) is 5.11 Å². The van der Waals surface area contributed by atoms with Crippen molar-refractivity contribution in [1.29, 1.82) is 0 Å². The van der Waals surface area contributed by atoms with Gasteiger partial charge in [-0.2, -0.15) is 0 Å². The summed E-state index contributed by atoms with van der Waals surface area (Å²) in [5.41, 5.74) is 1.74. The fraction of sp³-hybridized carbons (Fsp3) is 0.154. The molecule has 5 nitrogen and oxygen atoms in total. The summed E-state index contributed by atoms with van der Waals surface area (Å²) in [5, 5.41) is 12.1. The molecule has 0 atom stereocenters. The average Bonchev–Trinajstić information content (AvgIpc) is 2.39. The van der Waals surface area contributed by atoms with Gasteiger partial charge in [0.25, 0.3) is 0 Å². The summed E-state index contributed by atoms with van der Waals surface area (Å²) in [5.74, 6) is -0.443.